The monoisotopic (exact) mass is 453 g/mol. The summed E-state index contributed by atoms with van der Waals surface area (Å²) < 4.78 is 0. The molecule has 2 aromatic rings. The predicted molar refractivity (Wildman–Crippen MR) is 109 cm³/mol. The zero-order valence-electron chi connectivity index (χ0n) is 14.3. The van der Waals surface area contributed by atoms with E-state index in [-0.39, 0.29) is 39.3 Å². The van der Waals surface area contributed by atoms with Gasteiger partial charge in [-0.25, -0.2) is 0 Å². The zero-order chi connectivity index (χ0) is 20.3. The van der Waals surface area contributed by atoms with Crippen LogP contribution in [0.25, 0.3) is 0 Å². The highest BCUT2D eigenvalue weighted by atomic mass is 79.9. The van der Waals surface area contributed by atoms with Crippen LogP contribution in [0.3, 0.4) is 0 Å². The average molecular weight is 454 g/mol. The van der Waals surface area contributed by atoms with Gasteiger partial charge in [-0.1, -0.05) is 40.2 Å². The van der Waals surface area contributed by atoms with Gasteiger partial charge < -0.3 is 10.4 Å². The second-order valence-corrected chi connectivity index (χ2v) is 7.62. The van der Waals surface area contributed by atoms with Crippen LogP contribution in [0.15, 0.2) is 47.0 Å². The standard InChI is InChI=1S/C20H12BrN3O3S/c21-5-6-28-15-7-14(25)16-17(18(15)24-10-11(8-22)9-23)20(27)13-4-2-1-3-12(13)19(16)26/h1-4,7,10,24-25H,5-6H2. The number of nitrogens with zero attached hydrogens (tertiary/aromatic N) is 2. The van der Waals surface area contributed by atoms with E-state index in [1.54, 1.807) is 36.4 Å². The summed E-state index contributed by atoms with van der Waals surface area (Å²) in [6.45, 7) is 0. The van der Waals surface area contributed by atoms with Crippen LogP contribution in [0.2, 0.25) is 0 Å². The third-order valence-electron chi connectivity index (χ3n) is 4.08. The van der Waals surface area contributed by atoms with Crippen LogP contribution in [0.4, 0.5) is 5.69 Å². The van der Waals surface area contributed by atoms with Gasteiger partial charge in [0.15, 0.2) is 11.6 Å². The molecule has 8 heteroatoms. The molecule has 3 rings (SSSR count). The second-order valence-electron chi connectivity index (χ2n) is 5.69. The van der Waals surface area contributed by atoms with Crippen LogP contribution >= 0.6 is 27.7 Å². The van der Waals surface area contributed by atoms with Crippen LogP contribution in [0.1, 0.15) is 31.8 Å². The molecule has 0 unspecified atom stereocenters. The van der Waals surface area contributed by atoms with Gasteiger partial charge in [0.25, 0.3) is 0 Å². The molecule has 2 N–H and O–H groups in total. The maximum atomic E-state index is 13.2. The van der Waals surface area contributed by atoms with Crippen molar-refractivity contribution in [2.24, 2.45) is 0 Å². The summed E-state index contributed by atoms with van der Waals surface area (Å²) in [6.07, 6.45) is 1.18. The third kappa shape index (κ3) is 3.40. The van der Waals surface area contributed by atoms with Gasteiger partial charge in [-0.3, -0.25) is 9.59 Å². The largest absolute Gasteiger partial charge is 0.507 e. The quantitative estimate of drug-likeness (QED) is 0.259. The second kappa shape index (κ2) is 8.30. The Kier molecular flexibility index (Phi) is 5.84. The number of phenols is 1. The van der Waals surface area contributed by atoms with E-state index in [4.69, 9.17) is 10.5 Å². The number of halogens is 1. The van der Waals surface area contributed by atoms with E-state index < -0.39 is 11.6 Å². The number of aromatic hydroxyl groups is 1. The lowest BCUT2D eigenvalue weighted by molar-refractivity contribution is 0.0977. The number of carbonyl (C=O) groups excluding carboxylic acids is 2. The highest BCUT2D eigenvalue weighted by Gasteiger charge is 2.35. The number of ketones is 2. The predicted octanol–water partition coefficient (Wildman–Crippen LogP) is 4.00. The number of carbonyl (C=O) groups is 2. The summed E-state index contributed by atoms with van der Waals surface area (Å²) in [5.74, 6) is -0.505. The normalized spacial score (nSPS) is 11.7. The van der Waals surface area contributed by atoms with Gasteiger partial charge in [0.05, 0.1) is 16.8 Å². The molecule has 6 nitrogen and oxygen atoms in total. The Morgan fingerprint density at radius 1 is 1.14 bits per heavy atom. The fraction of sp³-hybridized carbons (Fsp3) is 0.100. The number of hydrogen-bond donors (Lipinski definition) is 2. The molecule has 0 aromatic heterocycles. The van der Waals surface area contributed by atoms with Gasteiger partial charge in [-0.15, -0.1) is 11.8 Å². The molecule has 0 saturated carbocycles. The van der Waals surface area contributed by atoms with Gasteiger partial charge in [0.1, 0.15) is 23.5 Å². The van der Waals surface area contributed by atoms with Crippen molar-refractivity contribution >= 4 is 44.9 Å². The molecule has 2 aromatic carbocycles. The molecule has 28 heavy (non-hydrogen) atoms. The van der Waals surface area contributed by atoms with Crippen molar-refractivity contribution in [1.29, 1.82) is 10.5 Å². The van der Waals surface area contributed by atoms with Gasteiger partial charge in [-0.2, -0.15) is 10.5 Å². The summed E-state index contributed by atoms with van der Waals surface area (Å²) in [5, 5.41) is 31.9. The number of fused-ring (bicyclic) bond motifs is 2. The van der Waals surface area contributed by atoms with Gasteiger partial charge in [-0.05, 0) is 6.07 Å². The van der Waals surface area contributed by atoms with E-state index in [1.807, 2.05) is 0 Å². The zero-order valence-corrected chi connectivity index (χ0v) is 16.7. The van der Waals surface area contributed by atoms with Crippen LogP contribution in [-0.4, -0.2) is 27.8 Å². The molecule has 0 radical (unpaired) electrons. The van der Waals surface area contributed by atoms with E-state index in [9.17, 15) is 14.7 Å². The smallest absolute Gasteiger partial charge is 0.198 e. The summed E-state index contributed by atoms with van der Waals surface area (Å²) >= 11 is 4.69. The van der Waals surface area contributed by atoms with Crippen molar-refractivity contribution in [3.63, 3.8) is 0 Å². The minimum atomic E-state index is -0.451. The summed E-state index contributed by atoms with van der Waals surface area (Å²) in [4.78, 5) is 26.6. The summed E-state index contributed by atoms with van der Waals surface area (Å²) in [7, 11) is 0. The molecular formula is C20H12BrN3O3S. The first kappa shape index (κ1) is 19.7. The number of benzene rings is 2. The first-order valence-electron chi connectivity index (χ1n) is 8.07. The number of alkyl halides is 1. The first-order valence-corrected chi connectivity index (χ1v) is 10.2. The molecule has 1 aliphatic rings. The lowest BCUT2D eigenvalue weighted by Crippen LogP contribution is -2.22. The Bertz CT molecular complexity index is 1100. The Balaban J connectivity index is 2.26. The lowest BCUT2D eigenvalue weighted by atomic mass is 9.82. The minimum absolute atomic E-state index is 0.0345. The number of nitrogens with one attached hydrogen (secondary N) is 1. The average Bonchev–Trinajstić information content (AvgIpc) is 2.71. The number of anilines is 1. The highest BCUT2D eigenvalue weighted by Crippen LogP contribution is 2.42. The Labute approximate surface area is 173 Å². The van der Waals surface area contributed by atoms with Crippen molar-refractivity contribution in [2.75, 3.05) is 16.4 Å². The molecule has 138 valence electrons. The molecular weight excluding hydrogens is 442 g/mol. The van der Waals surface area contributed by atoms with E-state index in [2.05, 4.69) is 21.2 Å². The minimum Gasteiger partial charge on any atom is -0.507 e. The van der Waals surface area contributed by atoms with Crippen molar-refractivity contribution in [3.8, 4) is 17.9 Å². The van der Waals surface area contributed by atoms with Crippen molar-refractivity contribution in [2.45, 2.75) is 4.90 Å². The third-order valence-corrected chi connectivity index (χ3v) is 6.04. The Hall–Kier alpha value is -3.07. The molecule has 0 saturated heterocycles. The maximum absolute atomic E-state index is 13.2. The van der Waals surface area contributed by atoms with Crippen molar-refractivity contribution < 1.29 is 14.7 Å². The van der Waals surface area contributed by atoms with Crippen LogP contribution in [0.5, 0.6) is 5.75 Å². The number of rotatable bonds is 5. The number of phenolic OH excluding ortho intramolecular Hbond substituents is 1. The van der Waals surface area contributed by atoms with E-state index >= 15 is 0 Å². The molecule has 0 heterocycles. The number of hydrogen-bond acceptors (Lipinski definition) is 7. The van der Waals surface area contributed by atoms with E-state index in [0.717, 1.165) is 0 Å². The molecule has 0 bridgehead atoms. The fourth-order valence-electron chi connectivity index (χ4n) is 2.89. The van der Waals surface area contributed by atoms with Crippen molar-refractivity contribution in [1.82, 2.24) is 0 Å². The molecule has 0 fully saturated rings. The van der Waals surface area contributed by atoms with Crippen LogP contribution in [0, 0.1) is 22.7 Å². The summed E-state index contributed by atoms with van der Waals surface area (Å²) in [5.41, 5.74) is 0.524. The SMILES string of the molecule is N#CC(C#N)=CNc1c(SCCBr)cc(O)c2c1C(=O)c1ccccc1C2=O. The molecule has 0 amide bonds. The fourth-order valence-corrected chi connectivity index (χ4v) is 4.17. The van der Waals surface area contributed by atoms with Gasteiger partial charge >= 0.3 is 0 Å². The number of nitriles is 2. The first-order chi connectivity index (χ1) is 13.5. The maximum Gasteiger partial charge on any atom is 0.198 e. The Morgan fingerprint density at radius 2 is 1.75 bits per heavy atom. The highest BCUT2D eigenvalue weighted by molar-refractivity contribution is 9.09. The topological polar surface area (TPSA) is 114 Å². The Morgan fingerprint density at radius 3 is 2.32 bits per heavy atom. The van der Waals surface area contributed by atoms with Gasteiger partial charge in [0.2, 0.25) is 0 Å². The van der Waals surface area contributed by atoms with E-state index in [1.165, 1.54) is 24.0 Å². The molecule has 0 aliphatic heterocycles. The molecule has 1 aliphatic carbocycles. The number of allylic oxidation sites excluding steroid dienone is 1. The lowest BCUT2D eigenvalue weighted by Gasteiger charge is -2.23. The van der Waals surface area contributed by atoms with E-state index in [0.29, 0.717) is 16.0 Å². The van der Waals surface area contributed by atoms with Gasteiger partial charge in [0, 0.05) is 33.3 Å². The number of thioether (sulfide) groups is 1. The van der Waals surface area contributed by atoms with Crippen LogP contribution in [-0.2, 0) is 0 Å². The van der Waals surface area contributed by atoms with Crippen molar-refractivity contribution in [3.05, 3.63) is 64.4 Å². The summed E-state index contributed by atoms with van der Waals surface area (Å²) in [6, 6.07) is 11.3. The molecule has 0 spiro atoms. The molecule has 0 atom stereocenters. The van der Waals surface area contributed by atoms with Crippen LogP contribution < -0.4 is 5.32 Å².